The molecule has 1 heterocycles. The summed E-state index contributed by atoms with van der Waals surface area (Å²) in [4.78, 5) is 14.2. The van der Waals surface area contributed by atoms with Crippen LogP contribution in [0.5, 0.6) is 0 Å². The van der Waals surface area contributed by atoms with Crippen LogP contribution in [0.1, 0.15) is 46.8 Å². The lowest BCUT2D eigenvalue weighted by molar-refractivity contribution is 0.0963. The SMILES string of the molecule is CCC(C)CC(=O)c1cc(C)sc1C. The molecule has 0 aromatic carbocycles. The van der Waals surface area contributed by atoms with Crippen molar-refractivity contribution in [3.63, 3.8) is 0 Å². The molecular formula is C12H18OS. The number of hydrogen-bond acceptors (Lipinski definition) is 2. The molecule has 1 aromatic rings. The highest BCUT2D eigenvalue weighted by atomic mass is 32.1. The largest absolute Gasteiger partial charge is 0.294 e. The van der Waals surface area contributed by atoms with Crippen molar-refractivity contribution in [1.82, 2.24) is 0 Å². The molecule has 0 N–H and O–H groups in total. The van der Waals surface area contributed by atoms with E-state index in [2.05, 4.69) is 20.8 Å². The van der Waals surface area contributed by atoms with Gasteiger partial charge in [0.25, 0.3) is 0 Å². The second kappa shape index (κ2) is 4.74. The first-order valence-corrected chi connectivity index (χ1v) is 5.96. The number of ketones is 1. The summed E-state index contributed by atoms with van der Waals surface area (Å²) in [5.74, 6) is 0.809. The maximum atomic E-state index is 11.9. The zero-order valence-electron chi connectivity index (χ0n) is 9.39. The first-order chi connectivity index (χ1) is 6.54. The Labute approximate surface area is 90.2 Å². The second-order valence-electron chi connectivity index (χ2n) is 3.97. The molecule has 0 aliphatic heterocycles. The van der Waals surface area contributed by atoms with Gasteiger partial charge in [-0.2, -0.15) is 0 Å². The third kappa shape index (κ3) is 2.68. The van der Waals surface area contributed by atoms with Crippen LogP contribution in [0.25, 0.3) is 0 Å². The van der Waals surface area contributed by atoms with E-state index in [0.29, 0.717) is 18.1 Å². The maximum Gasteiger partial charge on any atom is 0.164 e. The Balaban J connectivity index is 2.74. The summed E-state index contributed by atoms with van der Waals surface area (Å²) in [6.45, 7) is 8.34. The lowest BCUT2D eigenvalue weighted by Crippen LogP contribution is -2.05. The molecule has 1 rings (SSSR count). The van der Waals surface area contributed by atoms with Gasteiger partial charge < -0.3 is 0 Å². The average molecular weight is 210 g/mol. The Morgan fingerprint density at radius 2 is 2.14 bits per heavy atom. The highest BCUT2D eigenvalue weighted by Gasteiger charge is 2.14. The number of thiophene rings is 1. The minimum Gasteiger partial charge on any atom is -0.294 e. The molecule has 1 nitrogen and oxygen atoms in total. The molecule has 0 radical (unpaired) electrons. The molecule has 0 saturated heterocycles. The number of Topliss-reactive ketones (excluding diaryl/α,β-unsaturated/α-hetero) is 1. The van der Waals surface area contributed by atoms with E-state index in [1.54, 1.807) is 11.3 Å². The van der Waals surface area contributed by atoms with Crippen molar-refractivity contribution in [3.05, 3.63) is 21.4 Å². The number of hydrogen-bond donors (Lipinski definition) is 0. The standard InChI is InChI=1S/C12H18OS/c1-5-8(2)6-12(13)11-7-9(3)14-10(11)4/h7-8H,5-6H2,1-4H3. The topological polar surface area (TPSA) is 17.1 Å². The van der Waals surface area contributed by atoms with Crippen LogP contribution < -0.4 is 0 Å². The van der Waals surface area contributed by atoms with Crippen molar-refractivity contribution < 1.29 is 4.79 Å². The summed E-state index contributed by atoms with van der Waals surface area (Å²) in [5.41, 5.74) is 0.938. The number of aryl methyl sites for hydroxylation is 2. The van der Waals surface area contributed by atoms with Gasteiger partial charge in [0.15, 0.2) is 5.78 Å². The van der Waals surface area contributed by atoms with Crippen LogP contribution in [0.15, 0.2) is 6.07 Å². The van der Waals surface area contributed by atoms with Crippen LogP contribution >= 0.6 is 11.3 Å². The van der Waals surface area contributed by atoms with Crippen molar-refractivity contribution in [2.24, 2.45) is 5.92 Å². The summed E-state index contributed by atoms with van der Waals surface area (Å²) < 4.78 is 0. The molecule has 0 bridgehead atoms. The molecule has 78 valence electrons. The van der Waals surface area contributed by atoms with Gasteiger partial charge in [-0.1, -0.05) is 20.3 Å². The fourth-order valence-electron chi connectivity index (χ4n) is 1.48. The Hall–Kier alpha value is -0.630. The normalized spacial score (nSPS) is 12.9. The van der Waals surface area contributed by atoms with Crippen LogP contribution in [-0.2, 0) is 0 Å². The Morgan fingerprint density at radius 3 is 2.57 bits per heavy atom. The lowest BCUT2D eigenvalue weighted by Gasteiger charge is -2.06. The Kier molecular flexibility index (Phi) is 3.87. The predicted molar refractivity (Wildman–Crippen MR) is 62.2 cm³/mol. The van der Waals surface area contributed by atoms with Crippen LogP contribution in [0, 0.1) is 19.8 Å². The number of rotatable bonds is 4. The molecule has 1 unspecified atom stereocenters. The van der Waals surface area contributed by atoms with Crippen LogP contribution in [0.3, 0.4) is 0 Å². The molecule has 0 amide bonds. The van der Waals surface area contributed by atoms with Gasteiger partial charge in [0, 0.05) is 21.7 Å². The molecule has 0 fully saturated rings. The fraction of sp³-hybridized carbons (Fsp3) is 0.583. The molecule has 1 atom stereocenters. The molecule has 2 heteroatoms. The Bertz CT molecular complexity index is 325. The predicted octanol–water partition coefficient (Wildman–Crippen LogP) is 3.98. The molecule has 1 aromatic heterocycles. The van der Waals surface area contributed by atoms with Gasteiger partial charge in [0.2, 0.25) is 0 Å². The van der Waals surface area contributed by atoms with Gasteiger partial charge in [-0.25, -0.2) is 0 Å². The van der Waals surface area contributed by atoms with E-state index in [9.17, 15) is 4.79 Å². The molecule has 0 saturated carbocycles. The number of carbonyl (C=O) groups is 1. The third-order valence-corrected chi connectivity index (χ3v) is 3.54. The van der Waals surface area contributed by atoms with E-state index in [1.165, 1.54) is 4.88 Å². The monoisotopic (exact) mass is 210 g/mol. The van der Waals surface area contributed by atoms with E-state index in [-0.39, 0.29) is 0 Å². The van der Waals surface area contributed by atoms with Crippen LogP contribution in [-0.4, -0.2) is 5.78 Å². The quantitative estimate of drug-likeness (QED) is 0.687. The smallest absolute Gasteiger partial charge is 0.164 e. The minimum atomic E-state index is 0.307. The minimum absolute atomic E-state index is 0.307. The van der Waals surface area contributed by atoms with Crippen LogP contribution in [0.2, 0.25) is 0 Å². The first kappa shape index (κ1) is 11.4. The van der Waals surface area contributed by atoms with Crippen molar-refractivity contribution in [1.29, 1.82) is 0 Å². The molecule has 0 aliphatic rings. The number of carbonyl (C=O) groups excluding carboxylic acids is 1. The second-order valence-corrected chi connectivity index (χ2v) is 5.43. The van der Waals surface area contributed by atoms with Gasteiger partial charge in [-0.05, 0) is 25.8 Å². The zero-order chi connectivity index (χ0) is 10.7. The van der Waals surface area contributed by atoms with Gasteiger partial charge in [0.05, 0.1) is 0 Å². The van der Waals surface area contributed by atoms with Gasteiger partial charge >= 0.3 is 0 Å². The maximum absolute atomic E-state index is 11.9. The first-order valence-electron chi connectivity index (χ1n) is 5.14. The van der Waals surface area contributed by atoms with Crippen molar-refractivity contribution in [3.8, 4) is 0 Å². The summed E-state index contributed by atoms with van der Waals surface area (Å²) >= 11 is 1.71. The summed E-state index contributed by atoms with van der Waals surface area (Å²) in [6.07, 6.45) is 1.77. The van der Waals surface area contributed by atoms with Crippen LogP contribution in [0.4, 0.5) is 0 Å². The van der Waals surface area contributed by atoms with E-state index in [1.807, 2.05) is 13.0 Å². The summed E-state index contributed by atoms with van der Waals surface area (Å²) in [7, 11) is 0. The summed E-state index contributed by atoms with van der Waals surface area (Å²) in [6, 6.07) is 2.02. The molecule has 0 aliphatic carbocycles. The van der Waals surface area contributed by atoms with Crippen molar-refractivity contribution in [2.75, 3.05) is 0 Å². The van der Waals surface area contributed by atoms with E-state index >= 15 is 0 Å². The molecule has 0 spiro atoms. The van der Waals surface area contributed by atoms with Crippen molar-refractivity contribution in [2.45, 2.75) is 40.5 Å². The van der Waals surface area contributed by atoms with Gasteiger partial charge in [-0.3, -0.25) is 4.79 Å². The van der Waals surface area contributed by atoms with Crippen molar-refractivity contribution >= 4 is 17.1 Å². The average Bonchev–Trinajstić information content (AvgIpc) is 2.45. The highest BCUT2D eigenvalue weighted by molar-refractivity contribution is 7.12. The summed E-state index contributed by atoms with van der Waals surface area (Å²) in [5, 5.41) is 0. The highest BCUT2D eigenvalue weighted by Crippen LogP contribution is 2.23. The fourth-order valence-corrected chi connectivity index (χ4v) is 2.42. The molecule has 14 heavy (non-hydrogen) atoms. The lowest BCUT2D eigenvalue weighted by atomic mass is 9.98. The third-order valence-electron chi connectivity index (χ3n) is 2.57. The van der Waals surface area contributed by atoms with Gasteiger partial charge in [-0.15, -0.1) is 11.3 Å². The van der Waals surface area contributed by atoms with E-state index in [4.69, 9.17) is 0 Å². The Morgan fingerprint density at radius 1 is 1.50 bits per heavy atom. The van der Waals surface area contributed by atoms with E-state index in [0.717, 1.165) is 16.9 Å². The molecular weight excluding hydrogens is 192 g/mol. The van der Waals surface area contributed by atoms with E-state index < -0.39 is 0 Å². The zero-order valence-corrected chi connectivity index (χ0v) is 10.2. The van der Waals surface area contributed by atoms with Gasteiger partial charge in [0.1, 0.15) is 0 Å².